The second kappa shape index (κ2) is 5.31. The molecule has 1 aromatic rings. The van der Waals surface area contributed by atoms with Crippen LogP contribution in [0.1, 0.15) is 0 Å². The Kier molecular flexibility index (Phi) is 4.28. The van der Waals surface area contributed by atoms with Gasteiger partial charge in [0.1, 0.15) is 5.82 Å². The Morgan fingerprint density at radius 2 is 2.00 bits per heavy atom. The van der Waals surface area contributed by atoms with Crippen LogP contribution in [-0.4, -0.2) is 12.0 Å². The molecule has 0 aliphatic rings. The van der Waals surface area contributed by atoms with Crippen LogP contribution in [0.5, 0.6) is 0 Å². The van der Waals surface area contributed by atoms with Crippen LogP contribution in [0, 0.1) is 5.82 Å². The smallest absolute Gasteiger partial charge is 0.361 e. The van der Waals surface area contributed by atoms with Gasteiger partial charge in [0, 0.05) is 16.7 Å². The Morgan fingerprint density at radius 1 is 1.35 bits per heavy atom. The van der Waals surface area contributed by atoms with Crippen molar-refractivity contribution in [3.8, 4) is 0 Å². The van der Waals surface area contributed by atoms with Crippen molar-refractivity contribution in [1.82, 2.24) is 0 Å². The van der Waals surface area contributed by atoms with E-state index in [1.165, 1.54) is 12.1 Å². The van der Waals surface area contributed by atoms with Crippen molar-refractivity contribution in [2.75, 3.05) is 5.32 Å². The molecule has 2 nitrogen and oxygen atoms in total. The summed E-state index contributed by atoms with van der Waals surface area (Å²) in [5.41, 5.74) is 0.219. The lowest BCUT2D eigenvalue weighted by atomic mass is 10.3. The molecule has 1 rings (SSSR count). The second-order valence-electron chi connectivity index (χ2n) is 2.96. The van der Waals surface area contributed by atoms with E-state index in [0.29, 0.717) is 10.5 Å². The van der Waals surface area contributed by atoms with Gasteiger partial charge >= 0.3 is 6.18 Å². The fraction of sp³-hybridized carbons (Fsp3) is 0.100. The number of anilines is 1. The molecule has 0 aliphatic carbocycles. The minimum Gasteiger partial charge on any atom is -0.361 e. The highest BCUT2D eigenvalue weighted by Crippen LogP contribution is 2.23. The summed E-state index contributed by atoms with van der Waals surface area (Å²) >= 11 is 3.07. The van der Waals surface area contributed by atoms with Gasteiger partial charge in [0.05, 0.1) is 5.69 Å². The predicted molar refractivity (Wildman–Crippen MR) is 57.9 cm³/mol. The van der Waals surface area contributed by atoms with E-state index in [4.69, 9.17) is 0 Å². The minimum atomic E-state index is -4.91. The van der Waals surface area contributed by atoms with Crippen molar-refractivity contribution in [1.29, 1.82) is 0 Å². The van der Waals surface area contributed by atoms with Crippen LogP contribution in [-0.2, 0) is 4.79 Å². The van der Waals surface area contributed by atoms with Gasteiger partial charge in [-0.25, -0.2) is 4.39 Å². The molecule has 0 radical (unpaired) electrons. The first-order chi connectivity index (χ1) is 7.80. The van der Waals surface area contributed by atoms with Crippen LogP contribution in [0.2, 0.25) is 0 Å². The Balaban J connectivity index is 2.71. The lowest BCUT2D eigenvalue weighted by Crippen LogP contribution is -2.20. The van der Waals surface area contributed by atoms with Crippen LogP contribution in [0.3, 0.4) is 0 Å². The first-order valence-electron chi connectivity index (χ1n) is 4.30. The number of hydrogen-bond donors (Lipinski definition) is 1. The van der Waals surface area contributed by atoms with Gasteiger partial charge in [0.15, 0.2) is 0 Å². The van der Waals surface area contributed by atoms with Crippen LogP contribution in [0.4, 0.5) is 23.2 Å². The summed E-state index contributed by atoms with van der Waals surface area (Å²) in [6.45, 7) is 0. The normalized spacial score (nSPS) is 11.8. The third-order valence-corrected chi connectivity index (χ3v) is 2.37. The Hall–Kier alpha value is -1.37. The maximum Gasteiger partial charge on any atom is 0.454 e. The molecular formula is C10H6BrF4NO. The van der Waals surface area contributed by atoms with Gasteiger partial charge in [-0.3, -0.25) is 4.79 Å². The molecule has 7 heteroatoms. The van der Waals surface area contributed by atoms with Gasteiger partial charge in [-0.2, -0.15) is 13.2 Å². The van der Waals surface area contributed by atoms with Crippen molar-refractivity contribution in [2.24, 2.45) is 0 Å². The maximum absolute atomic E-state index is 12.8. The molecule has 1 N–H and O–H groups in total. The Morgan fingerprint density at radius 3 is 2.59 bits per heavy atom. The molecule has 0 heterocycles. The molecule has 0 spiro atoms. The maximum atomic E-state index is 12.8. The first-order valence-corrected chi connectivity index (χ1v) is 5.09. The molecule has 0 saturated carbocycles. The van der Waals surface area contributed by atoms with Crippen molar-refractivity contribution in [3.63, 3.8) is 0 Å². The number of nitrogens with one attached hydrogen (secondary N) is 1. The van der Waals surface area contributed by atoms with E-state index in [1.807, 2.05) is 0 Å². The third kappa shape index (κ3) is 4.18. The summed E-state index contributed by atoms with van der Waals surface area (Å²) in [5.74, 6) is -2.54. The summed E-state index contributed by atoms with van der Waals surface area (Å²) in [4.78, 5) is 10.5. The molecule has 0 aromatic heterocycles. The highest BCUT2D eigenvalue weighted by atomic mass is 79.9. The van der Waals surface area contributed by atoms with E-state index in [9.17, 15) is 22.4 Å². The van der Waals surface area contributed by atoms with Crippen LogP contribution in [0.15, 0.2) is 34.9 Å². The predicted octanol–water partition coefficient (Wildman–Crippen LogP) is 3.65. The molecule has 0 atom stereocenters. The molecule has 0 unspecified atom stereocenters. The fourth-order valence-corrected chi connectivity index (χ4v) is 1.27. The van der Waals surface area contributed by atoms with E-state index in [0.717, 1.165) is 12.3 Å². The Bertz CT molecular complexity index is 456. The average Bonchev–Trinajstić information content (AvgIpc) is 2.21. The Labute approximate surface area is 102 Å². The van der Waals surface area contributed by atoms with Gasteiger partial charge in [-0.05, 0) is 34.1 Å². The van der Waals surface area contributed by atoms with E-state index >= 15 is 0 Å². The summed E-state index contributed by atoms with van der Waals surface area (Å²) in [5, 5.41) is 2.37. The molecule has 0 saturated heterocycles. The number of alkyl halides is 3. The number of carbonyl (C=O) groups is 1. The number of carbonyl (C=O) groups excluding carboxylic acids is 1. The third-order valence-electron chi connectivity index (χ3n) is 1.68. The van der Waals surface area contributed by atoms with E-state index < -0.39 is 17.8 Å². The molecule has 0 amide bonds. The molecule has 17 heavy (non-hydrogen) atoms. The molecular weight excluding hydrogens is 306 g/mol. The van der Waals surface area contributed by atoms with Gasteiger partial charge in [-0.15, -0.1) is 0 Å². The number of halogens is 5. The van der Waals surface area contributed by atoms with Crippen molar-refractivity contribution in [2.45, 2.75) is 6.18 Å². The SMILES string of the molecule is O=C(/C=C/Nc1cc(F)ccc1Br)C(F)(F)F. The van der Waals surface area contributed by atoms with Crippen molar-refractivity contribution < 1.29 is 22.4 Å². The largest absolute Gasteiger partial charge is 0.454 e. The molecule has 92 valence electrons. The average molecular weight is 312 g/mol. The molecule has 0 bridgehead atoms. The van der Waals surface area contributed by atoms with E-state index in [-0.39, 0.29) is 5.69 Å². The summed E-state index contributed by atoms with van der Waals surface area (Å²) in [7, 11) is 0. The van der Waals surface area contributed by atoms with E-state index in [2.05, 4.69) is 21.2 Å². The van der Waals surface area contributed by atoms with Gasteiger partial charge in [-0.1, -0.05) is 0 Å². The zero-order valence-corrected chi connectivity index (χ0v) is 9.77. The lowest BCUT2D eigenvalue weighted by molar-refractivity contribution is -0.165. The number of allylic oxidation sites excluding steroid dienone is 1. The number of ketones is 1. The van der Waals surface area contributed by atoms with Gasteiger partial charge < -0.3 is 5.32 Å². The standard InChI is InChI=1S/C10H6BrF4NO/c11-7-2-1-6(12)5-8(7)16-4-3-9(17)10(13,14)15/h1-5,16H/b4-3+. The highest BCUT2D eigenvalue weighted by Gasteiger charge is 2.35. The van der Waals surface area contributed by atoms with Crippen molar-refractivity contribution in [3.05, 3.63) is 40.8 Å². The molecule has 0 fully saturated rings. The van der Waals surface area contributed by atoms with Gasteiger partial charge in [0.25, 0.3) is 5.78 Å². The second-order valence-corrected chi connectivity index (χ2v) is 3.82. The molecule has 1 aromatic carbocycles. The van der Waals surface area contributed by atoms with Crippen LogP contribution < -0.4 is 5.32 Å². The molecule has 0 aliphatic heterocycles. The zero-order chi connectivity index (χ0) is 13.1. The van der Waals surface area contributed by atoms with Crippen LogP contribution >= 0.6 is 15.9 Å². The topological polar surface area (TPSA) is 29.1 Å². The zero-order valence-electron chi connectivity index (χ0n) is 8.18. The summed E-state index contributed by atoms with van der Waals surface area (Å²) in [6, 6.07) is 3.64. The number of benzene rings is 1. The minimum absolute atomic E-state index is 0.219. The monoisotopic (exact) mass is 311 g/mol. The number of hydrogen-bond acceptors (Lipinski definition) is 2. The summed E-state index contributed by atoms with van der Waals surface area (Å²) in [6.07, 6.45) is -3.77. The van der Waals surface area contributed by atoms with E-state index in [1.54, 1.807) is 0 Å². The van der Waals surface area contributed by atoms with Crippen molar-refractivity contribution >= 4 is 27.4 Å². The van der Waals surface area contributed by atoms with Crippen LogP contribution in [0.25, 0.3) is 0 Å². The number of rotatable bonds is 3. The summed E-state index contributed by atoms with van der Waals surface area (Å²) < 4.78 is 48.7. The quantitative estimate of drug-likeness (QED) is 0.682. The highest BCUT2D eigenvalue weighted by molar-refractivity contribution is 9.10. The first kappa shape index (κ1) is 13.7. The lowest BCUT2D eigenvalue weighted by Gasteiger charge is -2.04. The van der Waals surface area contributed by atoms with Gasteiger partial charge in [0.2, 0.25) is 0 Å². The fourth-order valence-electron chi connectivity index (χ4n) is 0.910.